The number of hydrogen-bond acceptors (Lipinski definition) is 0. The molecule has 0 saturated carbocycles. The van der Waals surface area contributed by atoms with E-state index in [0.29, 0.717) is 0 Å². The van der Waals surface area contributed by atoms with Gasteiger partial charge in [-0.1, -0.05) is 8.93 Å². The first-order valence-electron chi connectivity index (χ1n) is 4.26. The molecule has 0 fully saturated rings. The monoisotopic (exact) mass is 683 g/mol. The summed E-state index contributed by atoms with van der Waals surface area (Å²) < 4.78 is 0. The molecule has 0 rings (SSSR count). The van der Waals surface area contributed by atoms with E-state index in [4.69, 9.17) is 0 Å². The van der Waals surface area contributed by atoms with Gasteiger partial charge in [-0.3, -0.25) is 0 Å². The minimum atomic E-state index is 1.21. The van der Waals surface area contributed by atoms with Crippen molar-refractivity contribution in [3.8, 4) is 0 Å². The fourth-order valence-electron chi connectivity index (χ4n) is 0.327. The van der Waals surface area contributed by atoms with Gasteiger partial charge in [0.1, 0.15) is 0 Å². The van der Waals surface area contributed by atoms with E-state index in [1.54, 1.807) is 113 Å². The molecule has 0 saturated heterocycles. The Bertz CT molecular complexity index is 607. The molecule has 0 aromatic carbocycles. The van der Waals surface area contributed by atoms with E-state index in [2.05, 4.69) is 17.3 Å². The summed E-state index contributed by atoms with van der Waals surface area (Å²) in [5.74, 6) is 0. The van der Waals surface area contributed by atoms with E-state index < -0.39 is 0 Å². The van der Waals surface area contributed by atoms with Gasteiger partial charge >= 0.3 is 106 Å². The fourth-order valence-corrected chi connectivity index (χ4v) is 79.5. The van der Waals surface area contributed by atoms with Crippen LogP contribution >= 0.6 is 168 Å². The Morgan fingerprint density at radius 3 is 0.818 bits per heavy atom. The first-order chi connectivity index (χ1) is 10.9. The summed E-state index contributed by atoms with van der Waals surface area (Å²) >= 11 is 0. The molecule has 1 atom stereocenters. The summed E-state index contributed by atoms with van der Waals surface area (Å²) in [4.78, 5) is 0. The molecule has 0 spiro atoms. The van der Waals surface area contributed by atoms with Gasteiger partial charge < -0.3 is 0 Å². The van der Waals surface area contributed by atoms with Crippen molar-refractivity contribution >= 4 is 168 Å². The SMILES string of the molecule is P#P=P\P=P/P=P\P=P/P=P\P=P/P=P\P=P/P=P\P=P/P. The molecule has 0 nitrogen and oxygen atoms in total. The molecule has 112 valence electrons. The zero-order chi connectivity index (χ0) is 16.1. The summed E-state index contributed by atoms with van der Waals surface area (Å²) in [6.07, 6.45) is 0. The Labute approximate surface area is 166 Å². The Kier molecular flexibility index (Phi) is 36.9. The van der Waals surface area contributed by atoms with Crippen molar-refractivity contribution in [2.45, 2.75) is 0 Å². The van der Waals surface area contributed by atoms with Crippen molar-refractivity contribution in [2.75, 3.05) is 0 Å². The van der Waals surface area contributed by atoms with Gasteiger partial charge in [0.05, 0.1) is 0 Å². The van der Waals surface area contributed by atoms with E-state index in [1.165, 1.54) is 37.2 Å². The fraction of sp³-hybridized carbons (Fsp3) is 0. The van der Waals surface area contributed by atoms with Crippen molar-refractivity contribution < 1.29 is 0 Å². The van der Waals surface area contributed by atoms with Crippen LogP contribution in [0.4, 0.5) is 0 Å². The number of rotatable bonds is 9. The quantitative estimate of drug-likeness (QED) is 0.212. The molecule has 22 heteroatoms. The van der Waals surface area contributed by atoms with Crippen LogP contribution < -0.4 is 0 Å². The summed E-state index contributed by atoms with van der Waals surface area (Å²) in [7, 11) is 36.6. The van der Waals surface area contributed by atoms with Crippen LogP contribution in [0.3, 0.4) is 0 Å². The molecule has 0 heterocycles. The topological polar surface area (TPSA) is 0 Å². The summed E-state index contributed by atoms with van der Waals surface area (Å²) in [6.45, 7) is 1.21. The van der Waals surface area contributed by atoms with Gasteiger partial charge in [0, 0.05) is 0 Å². The van der Waals surface area contributed by atoms with Crippen molar-refractivity contribution in [1.29, 1.82) is 0 Å². The van der Waals surface area contributed by atoms with Gasteiger partial charge in [0.25, 0.3) is 0 Å². The predicted molar refractivity (Wildman–Crippen MR) is 155 cm³/mol. The summed E-state index contributed by atoms with van der Waals surface area (Å²) in [6, 6.07) is 0. The van der Waals surface area contributed by atoms with Crippen molar-refractivity contribution in [3.05, 3.63) is 0 Å². The Morgan fingerprint density at radius 1 is 0.364 bits per heavy atom. The average Bonchev–Trinajstić information content (AvgIpc) is 2.54. The zero-order valence-corrected chi connectivity index (χ0v) is 29.9. The third-order valence-corrected chi connectivity index (χ3v) is 62.5. The molecule has 0 aliphatic carbocycles. The van der Waals surface area contributed by atoms with Gasteiger partial charge in [-0.05, 0) is 52.9 Å². The third kappa shape index (κ3) is 27.0. The second-order valence-corrected chi connectivity index (χ2v) is 49.0. The minimum Gasteiger partial charge on any atom is -0.0774 e. The molecule has 0 radical (unpaired) electrons. The molecule has 0 amide bonds. The number of hydrogen-bond donors (Lipinski definition) is 0. The van der Waals surface area contributed by atoms with Gasteiger partial charge in [-0.2, -0.15) is 0 Å². The third-order valence-electron chi connectivity index (χ3n) is 0.772. The van der Waals surface area contributed by atoms with E-state index >= 15 is 0 Å². The molecule has 0 aromatic heterocycles. The zero-order valence-electron chi connectivity index (χ0n) is 9.97. The first kappa shape index (κ1) is 29.0. The van der Waals surface area contributed by atoms with Crippen molar-refractivity contribution in [3.63, 3.8) is 0 Å². The molecule has 0 bridgehead atoms. The van der Waals surface area contributed by atoms with Crippen LogP contribution in [-0.2, 0) is 0 Å². The molecule has 0 aliphatic heterocycles. The van der Waals surface area contributed by atoms with Gasteiger partial charge in [0.15, 0.2) is 0 Å². The van der Waals surface area contributed by atoms with Crippen LogP contribution in [0.15, 0.2) is 0 Å². The first-order valence-corrected chi connectivity index (χ1v) is 38.3. The van der Waals surface area contributed by atoms with Crippen molar-refractivity contribution in [2.24, 2.45) is 0 Å². The van der Waals surface area contributed by atoms with E-state index in [9.17, 15) is 0 Å². The normalized spacial score (nSPS) is 14.4. The molecule has 0 N–H and O–H groups in total. The van der Waals surface area contributed by atoms with Crippen LogP contribution in [0.25, 0.3) is 0 Å². The molecule has 0 aromatic rings. The van der Waals surface area contributed by atoms with E-state index in [0.717, 1.165) is 0 Å². The van der Waals surface area contributed by atoms with Crippen molar-refractivity contribution in [1.82, 2.24) is 0 Å². The minimum absolute atomic E-state index is 1.21. The maximum absolute atomic E-state index is 4.19. The van der Waals surface area contributed by atoms with E-state index in [-0.39, 0.29) is 0 Å². The van der Waals surface area contributed by atoms with Gasteiger partial charge in [0.2, 0.25) is 0 Å². The predicted octanol–water partition coefficient (Wildman–Crippen LogP) is 18.4. The van der Waals surface area contributed by atoms with Crippen LogP contribution in [0, 0.1) is 0 Å². The van der Waals surface area contributed by atoms with E-state index in [1.807, 2.05) is 0 Å². The molecule has 22 heavy (non-hydrogen) atoms. The standard InChI is InChI=1S/H2P22/c1-3-5-7-9-11-13-15-17-19-21-22-20-18-16-14-12-10-8-6-4-2/h1H2. The Balaban J connectivity index is 3.91. The van der Waals surface area contributed by atoms with Crippen LogP contribution in [0.1, 0.15) is 0 Å². The van der Waals surface area contributed by atoms with Gasteiger partial charge in [-0.15, -0.1) is 0 Å². The molecule has 1 unspecified atom stereocenters. The second-order valence-electron chi connectivity index (χ2n) is 1.81. The average molecular weight is 683 g/mol. The summed E-state index contributed by atoms with van der Waals surface area (Å²) in [5.41, 5.74) is 0. The smallest absolute Gasteiger partial charge is 0.0774 e. The second kappa shape index (κ2) is 28.0. The van der Waals surface area contributed by atoms with Crippen LogP contribution in [-0.4, -0.2) is 0 Å². The molecular weight excluding hydrogens is 681 g/mol. The molecular formula is H2P22. The van der Waals surface area contributed by atoms with Crippen LogP contribution in [0.2, 0.25) is 0 Å². The Morgan fingerprint density at radius 2 is 0.591 bits per heavy atom. The maximum atomic E-state index is 4.19. The molecule has 0 aliphatic rings. The summed E-state index contributed by atoms with van der Waals surface area (Å²) in [5, 5.41) is 0. The Hall–Kier alpha value is 6.99. The van der Waals surface area contributed by atoms with Gasteiger partial charge in [-0.25, -0.2) is 0 Å². The van der Waals surface area contributed by atoms with Crippen LogP contribution in [0.5, 0.6) is 0 Å².